The van der Waals surface area contributed by atoms with Crippen LogP contribution in [0.5, 0.6) is 11.5 Å². The van der Waals surface area contributed by atoms with Crippen LogP contribution in [-0.4, -0.2) is 24.8 Å². The molecule has 0 saturated heterocycles. The van der Waals surface area contributed by atoms with Gasteiger partial charge in [0.25, 0.3) is 0 Å². The topological polar surface area (TPSA) is 49.7 Å². The van der Waals surface area contributed by atoms with E-state index in [1.54, 1.807) is 7.11 Å². The summed E-state index contributed by atoms with van der Waals surface area (Å²) in [6.45, 7) is 0.396. The molecule has 0 amide bonds. The van der Waals surface area contributed by atoms with E-state index in [9.17, 15) is 4.79 Å². The van der Waals surface area contributed by atoms with E-state index >= 15 is 0 Å². The fourth-order valence-corrected chi connectivity index (χ4v) is 6.17. The first-order valence-corrected chi connectivity index (χ1v) is 14.8. The lowest BCUT2D eigenvalue weighted by Gasteiger charge is -2.26. The molecule has 0 spiro atoms. The number of aromatic nitrogens is 1. The van der Waals surface area contributed by atoms with Gasteiger partial charge in [-0.05, 0) is 102 Å². The number of rotatable bonds is 8. The highest BCUT2D eigenvalue weighted by Crippen LogP contribution is 2.38. The Morgan fingerprint density at radius 2 is 1.52 bits per heavy atom. The molecule has 0 bridgehead atoms. The van der Waals surface area contributed by atoms with E-state index in [1.165, 1.54) is 26.4 Å². The van der Waals surface area contributed by atoms with Crippen molar-refractivity contribution in [3.05, 3.63) is 107 Å². The van der Waals surface area contributed by atoms with Gasteiger partial charge in [-0.25, -0.2) is 4.79 Å². The predicted molar refractivity (Wildman–Crippen MR) is 169 cm³/mol. The summed E-state index contributed by atoms with van der Waals surface area (Å²) < 4.78 is 19.2. The third-order valence-electron chi connectivity index (χ3n) is 8.21. The van der Waals surface area contributed by atoms with Crippen molar-refractivity contribution < 1.29 is 19.0 Å². The van der Waals surface area contributed by atoms with Crippen molar-refractivity contribution in [3.63, 3.8) is 0 Å². The highest BCUT2D eigenvalue weighted by Gasteiger charge is 2.22. The monoisotopic (exact) mass is 579 g/mol. The zero-order valence-electron chi connectivity index (χ0n) is 23.9. The van der Waals surface area contributed by atoms with E-state index in [-0.39, 0.29) is 5.97 Å². The number of fused-ring (bicyclic) bond motifs is 1. The molecular weight excluding hydrogens is 546 g/mol. The van der Waals surface area contributed by atoms with Gasteiger partial charge in [0.2, 0.25) is 0 Å². The van der Waals surface area contributed by atoms with Crippen molar-refractivity contribution in [2.24, 2.45) is 0 Å². The molecule has 42 heavy (non-hydrogen) atoms. The minimum atomic E-state index is -0.319. The fourth-order valence-electron chi connectivity index (χ4n) is 6.05. The number of halogens is 1. The molecule has 1 aliphatic carbocycles. The molecule has 1 aromatic heterocycles. The van der Waals surface area contributed by atoms with Crippen LogP contribution in [0.1, 0.15) is 54.1 Å². The molecule has 6 heteroatoms. The molecule has 0 atom stereocenters. The smallest absolute Gasteiger partial charge is 0.337 e. The fraction of sp³-hybridized carbons (Fsp3) is 0.250. The Labute approximate surface area is 251 Å². The van der Waals surface area contributed by atoms with Crippen molar-refractivity contribution in [3.8, 4) is 33.9 Å². The standard InChI is InChI=1S/C36H34ClNO4/c1-40-32-17-18-33(24-8-13-29(37)14-9-24)28(21-32)23-42-31-15-10-25(11-16-31)35-22-27-20-26(36(39)41-2)12-19-34(27)38(35)30-6-4-3-5-7-30/h8-22,30H,3-7,23H2,1-2H3. The number of hydrogen-bond donors (Lipinski definition) is 0. The maximum absolute atomic E-state index is 12.2. The van der Waals surface area contributed by atoms with Gasteiger partial charge in [0, 0.05) is 33.2 Å². The molecule has 0 radical (unpaired) electrons. The molecular formula is C36H34ClNO4. The Kier molecular flexibility index (Phi) is 8.20. The zero-order valence-corrected chi connectivity index (χ0v) is 24.7. The van der Waals surface area contributed by atoms with E-state index in [1.807, 2.05) is 60.7 Å². The summed E-state index contributed by atoms with van der Waals surface area (Å²) in [4.78, 5) is 12.2. The minimum Gasteiger partial charge on any atom is -0.497 e. The molecule has 4 aromatic carbocycles. The number of methoxy groups -OCH3 is 2. The second-order valence-corrected chi connectivity index (χ2v) is 11.2. The summed E-state index contributed by atoms with van der Waals surface area (Å²) in [5.41, 5.74) is 7.17. The molecule has 1 fully saturated rings. The Bertz CT molecular complexity index is 1700. The van der Waals surface area contributed by atoms with Crippen LogP contribution in [0.4, 0.5) is 0 Å². The second kappa shape index (κ2) is 12.3. The third kappa shape index (κ3) is 5.75. The van der Waals surface area contributed by atoms with Crippen molar-refractivity contribution in [1.82, 2.24) is 4.57 Å². The lowest BCUT2D eigenvalue weighted by atomic mass is 9.94. The molecule has 6 rings (SSSR count). The van der Waals surface area contributed by atoms with Gasteiger partial charge in [-0.3, -0.25) is 0 Å². The molecule has 1 heterocycles. The average molecular weight is 580 g/mol. The van der Waals surface area contributed by atoms with E-state index in [2.05, 4.69) is 34.9 Å². The molecule has 0 N–H and O–H groups in total. The van der Waals surface area contributed by atoms with Gasteiger partial charge in [-0.2, -0.15) is 0 Å². The van der Waals surface area contributed by atoms with Crippen LogP contribution in [0.2, 0.25) is 5.02 Å². The lowest BCUT2D eigenvalue weighted by molar-refractivity contribution is 0.0601. The van der Waals surface area contributed by atoms with Crippen molar-refractivity contribution in [2.75, 3.05) is 14.2 Å². The van der Waals surface area contributed by atoms with Gasteiger partial charge in [-0.1, -0.05) is 49.1 Å². The van der Waals surface area contributed by atoms with E-state index < -0.39 is 0 Å². The highest BCUT2D eigenvalue weighted by molar-refractivity contribution is 6.30. The number of nitrogens with zero attached hydrogens (tertiary/aromatic N) is 1. The Hall–Kier alpha value is -4.22. The maximum atomic E-state index is 12.2. The predicted octanol–water partition coefficient (Wildman–Crippen LogP) is 9.51. The lowest BCUT2D eigenvalue weighted by Crippen LogP contribution is -2.13. The van der Waals surface area contributed by atoms with Crippen molar-refractivity contribution in [1.29, 1.82) is 0 Å². The molecule has 214 valence electrons. The van der Waals surface area contributed by atoms with E-state index in [0.717, 1.165) is 63.2 Å². The summed E-state index contributed by atoms with van der Waals surface area (Å²) in [6.07, 6.45) is 6.08. The summed E-state index contributed by atoms with van der Waals surface area (Å²) in [7, 11) is 3.09. The van der Waals surface area contributed by atoms with Crippen molar-refractivity contribution >= 4 is 28.5 Å². The second-order valence-electron chi connectivity index (χ2n) is 10.8. The van der Waals surface area contributed by atoms with Gasteiger partial charge in [0.05, 0.1) is 19.8 Å². The Balaban J connectivity index is 1.29. The van der Waals surface area contributed by atoms with Gasteiger partial charge < -0.3 is 18.8 Å². The van der Waals surface area contributed by atoms with E-state index in [4.69, 9.17) is 25.8 Å². The summed E-state index contributed by atoms with van der Waals surface area (Å²) in [5.74, 6) is 1.25. The normalized spacial score (nSPS) is 13.7. The van der Waals surface area contributed by atoms with Gasteiger partial charge in [0.15, 0.2) is 0 Å². The maximum Gasteiger partial charge on any atom is 0.337 e. The first-order valence-electron chi connectivity index (χ1n) is 14.4. The molecule has 0 aliphatic heterocycles. The number of carbonyl (C=O) groups is 1. The first-order chi connectivity index (χ1) is 20.5. The van der Waals surface area contributed by atoms with Crippen LogP contribution in [0, 0.1) is 0 Å². The molecule has 5 aromatic rings. The van der Waals surface area contributed by atoms with Crippen LogP contribution < -0.4 is 9.47 Å². The van der Waals surface area contributed by atoms with Crippen LogP contribution >= 0.6 is 11.6 Å². The Morgan fingerprint density at radius 1 is 0.810 bits per heavy atom. The minimum absolute atomic E-state index is 0.319. The Morgan fingerprint density at radius 3 is 2.24 bits per heavy atom. The zero-order chi connectivity index (χ0) is 29.1. The number of hydrogen-bond acceptors (Lipinski definition) is 4. The van der Waals surface area contributed by atoms with Crippen LogP contribution in [0.15, 0.2) is 91.0 Å². The van der Waals surface area contributed by atoms with Gasteiger partial charge in [0.1, 0.15) is 18.1 Å². The van der Waals surface area contributed by atoms with Crippen molar-refractivity contribution in [2.45, 2.75) is 44.8 Å². The number of ether oxygens (including phenoxy) is 3. The summed E-state index contributed by atoms with van der Waals surface area (Å²) in [6, 6.07) is 30.6. The first kappa shape index (κ1) is 27.9. The van der Waals surface area contributed by atoms with Gasteiger partial charge in [-0.15, -0.1) is 0 Å². The van der Waals surface area contributed by atoms with Crippen LogP contribution in [-0.2, 0) is 11.3 Å². The SMILES string of the molecule is COC(=O)c1ccc2c(c1)cc(-c1ccc(OCc3cc(OC)ccc3-c3ccc(Cl)cc3)cc1)n2C1CCCCC1. The highest BCUT2D eigenvalue weighted by atomic mass is 35.5. The number of esters is 1. The third-order valence-corrected chi connectivity index (χ3v) is 8.46. The summed E-state index contributed by atoms with van der Waals surface area (Å²) in [5, 5.41) is 1.75. The quantitative estimate of drug-likeness (QED) is 0.172. The number of benzene rings is 4. The molecule has 1 saturated carbocycles. The molecule has 1 aliphatic rings. The van der Waals surface area contributed by atoms with Gasteiger partial charge >= 0.3 is 5.97 Å². The van der Waals surface area contributed by atoms with E-state index in [0.29, 0.717) is 23.2 Å². The number of carbonyl (C=O) groups excluding carboxylic acids is 1. The molecule has 5 nitrogen and oxygen atoms in total. The summed E-state index contributed by atoms with van der Waals surface area (Å²) >= 11 is 6.12. The largest absolute Gasteiger partial charge is 0.497 e. The average Bonchev–Trinajstić information content (AvgIpc) is 3.43. The van der Waals surface area contributed by atoms with Crippen LogP contribution in [0.3, 0.4) is 0 Å². The molecule has 0 unspecified atom stereocenters. The van der Waals surface area contributed by atoms with Crippen LogP contribution in [0.25, 0.3) is 33.3 Å².